The van der Waals surface area contributed by atoms with Gasteiger partial charge < -0.3 is 14.8 Å². The lowest BCUT2D eigenvalue weighted by atomic mass is 10.1. The smallest absolute Gasteiger partial charge is 0.253 e. The topological polar surface area (TPSA) is 71.4 Å². The summed E-state index contributed by atoms with van der Waals surface area (Å²) in [5.41, 5.74) is 2.53. The van der Waals surface area contributed by atoms with Crippen molar-refractivity contribution in [1.82, 2.24) is 9.47 Å². The molecule has 1 aromatic heterocycles. The normalized spacial score (nSPS) is 10.9. The van der Waals surface area contributed by atoms with Gasteiger partial charge in [0.05, 0.1) is 11.0 Å². The average Bonchev–Trinajstić information content (AvgIpc) is 2.76. The molecule has 0 saturated carbocycles. The van der Waals surface area contributed by atoms with Gasteiger partial charge in [-0.1, -0.05) is 24.3 Å². The third-order valence-corrected chi connectivity index (χ3v) is 5.00. The van der Waals surface area contributed by atoms with Crippen LogP contribution in [0, 0.1) is 0 Å². The Morgan fingerprint density at radius 1 is 0.833 bits per heavy atom. The second kappa shape index (κ2) is 7.83. The van der Waals surface area contributed by atoms with E-state index in [-0.39, 0.29) is 23.8 Å². The SMILES string of the molecule is CN(C)C(=O)c1ccc(NC(=O)Cn2c3ccccc3c(=O)c3ccccc32)cc1. The van der Waals surface area contributed by atoms with E-state index in [0.29, 0.717) is 33.1 Å². The predicted molar refractivity (Wildman–Crippen MR) is 119 cm³/mol. The molecule has 0 bridgehead atoms. The van der Waals surface area contributed by atoms with E-state index in [1.807, 2.05) is 41.0 Å². The Labute approximate surface area is 173 Å². The molecule has 0 unspecified atom stereocenters. The van der Waals surface area contributed by atoms with E-state index in [0.717, 1.165) is 0 Å². The van der Waals surface area contributed by atoms with Crippen LogP contribution in [0.4, 0.5) is 5.69 Å². The van der Waals surface area contributed by atoms with Crippen molar-refractivity contribution in [2.24, 2.45) is 0 Å². The molecule has 3 aromatic carbocycles. The fourth-order valence-electron chi connectivity index (χ4n) is 3.55. The van der Waals surface area contributed by atoms with Crippen LogP contribution in [0.25, 0.3) is 21.8 Å². The van der Waals surface area contributed by atoms with Crippen LogP contribution < -0.4 is 10.7 Å². The molecule has 1 N–H and O–H groups in total. The number of benzene rings is 3. The fraction of sp³-hybridized carbons (Fsp3) is 0.125. The number of hydrogen-bond donors (Lipinski definition) is 1. The summed E-state index contributed by atoms with van der Waals surface area (Å²) in [6, 6.07) is 21.4. The number of amides is 2. The lowest BCUT2D eigenvalue weighted by Gasteiger charge is -2.15. The van der Waals surface area contributed by atoms with Gasteiger partial charge in [0.25, 0.3) is 5.91 Å². The van der Waals surface area contributed by atoms with Gasteiger partial charge in [-0.15, -0.1) is 0 Å². The largest absolute Gasteiger partial charge is 0.345 e. The molecule has 0 aliphatic rings. The van der Waals surface area contributed by atoms with Crippen LogP contribution in [-0.4, -0.2) is 35.4 Å². The van der Waals surface area contributed by atoms with Crippen molar-refractivity contribution in [3.63, 3.8) is 0 Å². The summed E-state index contributed by atoms with van der Waals surface area (Å²) in [4.78, 5) is 39.1. The minimum Gasteiger partial charge on any atom is -0.345 e. The van der Waals surface area contributed by atoms with Crippen LogP contribution in [0.5, 0.6) is 0 Å². The number of carbonyl (C=O) groups excluding carboxylic acids is 2. The maximum Gasteiger partial charge on any atom is 0.253 e. The lowest BCUT2D eigenvalue weighted by Crippen LogP contribution is -2.22. The highest BCUT2D eigenvalue weighted by molar-refractivity contribution is 5.98. The minimum absolute atomic E-state index is 0.0426. The first-order chi connectivity index (χ1) is 14.5. The number of para-hydroxylation sites is 2. The van der Waals surface area contributed by atoms with Crippen molar-refractivity contribution in [2.75, 3.05) is 19.4 Å². The Bertz CT molecular complexity index is 1260. The molecule has 150 valence electrons. The summed E-state index contributed by atoms with van der Waals surface area (Å²) < 4.78 is 1.85. The first-order valence-corrected chi connectivity index (χ1v) is 9.57. The van der Waals surface area contributed by atoms with Crippen LogP contribution in [0.15, 0.2) is 77.6 Å². The van der Waals surface area contributed by atoms with Crippen molar-refractivity contribution in [2.45, 2.75) is 6.54 Å². The highest BCUT2D eigenvalue weighted by atomic mass is 16.2. The number of anilines is 1. The Morgan fingerprint density at radius 2 is 1.37 bits per heavy atom. The molecule has 0 aliphatic carbocycles. The number of carbonyl (C=O) groups is 2. The van der Waals surface area contributed by atoms with E-state index in [1.165, 1.54) is 4.90 Å². The van der Waals surface area contributed by atoms with Gasteiger partial charge in [-0.25, -0.2) is 0 Å². The lowest BCUT2D eigenvalue weighted by molar-refractivity contribution is -0.116. The molecule has 1 heterocycles. The Balaban J connectivity index is 1.66. The molecule has 0 spiro atoms. The Morgan fingerprint density at radius 3 is 1.90 bits per heavy atom. The van der Waals surface area contributed by atoms with Gasteiger partial charge >= 0.3 is 0 Å². The van der Waals surface area contributed by atoms with Crippen molar-refractivity contribution in [3.05, 3.63) is 88.6 Å². The van der Waals surface area contributed by atoms with E-state index in [1.54, 1.807) is 50.5 Å². The zero-order valence-corrected chi connectivity index (χ0v) is 16.8. The Kier molecular flexibility index (Phi) is 5.06. The zero-order chi connectivity index (χ0) is 21.3. The molecule has 30 heavy (non-hydrogen) atoms. The van der Waals surface area contributed by atoms with E-state index < -0.39 is 0 Å². The molecule has 4 aromatic rings. The number of aromatic nitrogens is 1. The van der Waals surface area contributed by atoms with Crippen molar-refractivity contribution < 1.29 is 9.59 Å². The van der Waals surface area contributed by atoms with Crippen LogP contribution in [0.3, 0.4) is 0 Å². The number of nitrogens with one attached hydrogen (secondary N) is 1. The molecular formula is C24H21N3O3. The zero-order valence-electron chi connectivity index (χ0n) is 16.8. The number of nitrogens with zero attached hydrogens (tertiary/aromatic N) is 2. The van der Waals surface area contributed by atoms with Gasteiger partial charge in [-0.3, -0.25) is 14.4 Å². The van der Waals surface area contributed by atoms with Gasteiger partial charge in [0.15, 0.2) is 5.43 Å². The van der Waals surface area contributed by atoms with E-state index in [2.05, 4.69) is 5.32 Å². The maximum absolute atomic E-state index is 12.8. The molecular weight excluding hydrogens is 378 g/mol. The third kappa shape index (κ3) is 3.55. The van der Waals surface area contributed by atoms with Crippen molar-refractivity contribution in [1.29, 1.82) is 0 Å². The molecule has 0 aliphatic heterocycles. The molecule has 0 atom stereocenters. The molecule has 0 radical (unpaired) electrons. The van der Waals surface area contributed by atoms with Crippen LogP contribution in [-0.2, 0) is 11.3 Å². The number of pyridine rings is 1. The van der Waals surface area contributed by atoms with Gasteiger partial charge in [-0.05, 0) is 48.5 Å². The molecule has 0 saturated heterocycles. The molecule has 2 amide bonds. The van der Waals surface area contributed by atoms with Gasteiger partial charge in [0.1, 0.15) is 6.54 Å². The summed E-state index contributed by atoms with van der Waals surface area (Å²) in [7, 11) is 3.38. The van der Waals surface area contributed by atoms with Gasteiger partial charge in [-0.2, -0.15) is 0 Å². The van der Waals surface area contributed by atoms with E-state index >= 15 is 0 Å². The Hall–Kier alpha value is -3.93. The quantitative estimate of drug-likeness (QED) is 0.534. The highest BCUT2D eigenvalue weighted by Gasteiger charge is 2.13. The predicted octanol–water partition coefficient (Wildman–Crippen LogP) is 3.50. The van der Waals surface area contributed by atoms with Gasteiger partial charge in [0.2, 0.25) is 5.91 Å². The monoisotopic (exact) mass is 399 g/mol. The van der Waals surface area contributed by atoms with E-state index in [9.17, 15) is 14.4 Å². The van der Waals surface area contributed by atoms with Crippen molar-refractivity contribution in [3.8, 4) is 0 Å². The standard InChI is InChI=1S/C24H21N3O3/c1-26(2)24(30)16-11-13-17(14-12-16)25-22(28)15-27-20-9-5-3-7-18(20)23(29)19-8-4-6-10-21(19)27/h3-14H,15H2,1-2H3,(H,25,28). The van der Waals surface area contributed by atoms with Gasteiger partial charge in [0, 0.05) is 36.1 Å². The van der Waals surface area contributed by atoms with Crippen LogP contribution in [0.1, 0.15) is 10.4 Å². The molecule has 6 heteroatoms. The fourth-order valence-corrected chi connectivity index (χ4v) is 3.55. The molecule has 6 nitrogen and oxygen atoms in total. The second-order valence-electron chi connectivity index (χ2n) is 7.27. The summed E-state index contributed by atoms with van der Waals surface area (Å²) in [6.45, 7) is 0.0552. The highest BCUT2D eigenvalue weighted by Crippen LogP contribution is 2.19. The van der Waals surface area contributed by atoms with Crippen LogP contribution in [0.2, 0.25) is 0 Å². The first kappa shape index (κ1) is 19.4. The summed E-state index contributed by atoms with van der Waals surface area (Å²) in [6.07, 6.45) is 0. The second-order valence-corrected chi connectivity index (χ2v) is 7.27. The maximum atomic E-state index is 12.8. The summed E-state index contributed by atoms with van der Waals surface area (Å²) >= 11 is 0. The number of rotatable bonds is 4. The third-order valence-electron chi connectivity index (χ3n) is 5.00. The minimum atomic E-state index is -0.222. The van der Waals surface area contributed by atoms with Crippen molar-refractivity contribution >= 4 is 39.3 Å². The molecule has 4 rings (SSSR count). The number of fused-ring (bicyclic) bond motifs is 2. The average molecular weight is 399 g/mol. The summed E-state index contributed by atoms with van der Waals surface area (Å²) in [5, 5.41) is 4.03. The summed E-state index contributed by atoms with van der Waals surface area (Å²) in [5.74, 6) is -0.320. The van der Waals surface area contributed by atoms with E-state index in [4.69, 9.17) is 0 Å². The number of hydrogen-bond acceptors (Lipinski definition) is 3. The van der Waals surface area contributed by atoms with Crippen LogP contribution >= 0.6 is 0 Å². The first-order valence-electron chi connectivity index (χ1n) is 9.57. The molecule has 0 fully saturated rings.